The van der Waals surface area contributed by atoms with Crippen molar-refractivity contribution in [2.24, 2.45) is 5.41 Å². The number of anilines is 1. The van der Waals surface area contributed by atoms with Gasteiger partial charge in [-0.15, -0.1) is 11.8 Å². The molecule has 0 unspecified atom stereocenters. The van der Waals surface area contributed by atoms with E-state index in [9.17, 15) is 13.6 Å². The van der Waals surface area contributed by atoms with Crippen LogP contribution < -0.4 is 10.6 Å². The third-order valence-corrected chi connectivity index (χ3v) is 6.35. The number of hydrogen-bond donors (Lipinski definition) is 3. The molecule has 1 aliphatic carbocycles. The van der Waals surface area contributed by atoms with Crippen molar-refractivity contribution in [3.63, 3.8) is 0 Å². The maximum atomic E-state index is 13.4. The lowest BCUT2D eigenvalue weighted by Crippen LogP contribution is -2.43. The molecular formula is C19H24F2N4OS. The topological polar surface area (TPSA) is 68.2 Å². The molecule has 8 heteroatoms. The lowest BCUT2D eigenvalue weighted by molar-refractivity contribution is -0.112. The second-order valence-electron chi connectivity index (χ2n) is 7.31. The SMILES string of the molecule is CC1(CS/C(C(=O)Nc2cc(F)cc(F)c2)=C(/C=N)N2CCNCC2)CC1. The third-order valence-electron chi connectivity index (χ3n) is 4.82. The van der Waals surface area contributed by atoms with Crippen molar-refractivity contribution in [2.75, 3.05) is 37.2 Å². The molecule has 3 N–H and O–H groups in total. The number of carbonyl (C=O) groups excluding carboxylic acids is 1. The minimum atomic E-state index is -0.747. The number of thioether (sulfide) groups is 1. The molecule has 0 aromatic heterocycles. The first-order chi connectivity index (χ1) is 12.9. The van der Waals surface area contributed by atoms with Crippen LogP contribution in [0.25, 0.3) is 0 Å². The summed E-state index contributed by atoms with van der Waals surface area (Å²) in [5, 5.41) is 13.7. The lowest BCUT2D eigenvalue weighted by atomic mass is 10.2. The van der Waals surface area contributed by atoms with Crippen molar-refractivity contribution in [1.82, 2.24) is 10.2 Å². The molecule has 0 radical (unpaired) electrons. The predicted octanol–water partition coefficient (Wildman–Crippen LogP) is 3.20. The Morgan fingerprint density at radius 1 is 1.30 bits per heavy atom. The fourth-order valence-electron chi connectivity index (χ4n) is 2.88. The summed E-state index contributed by atoms with van der Waals surface area (Å²) in [4.78, 5) is 15.4. The monoisotopic (exact) mass is 394 g/mol. The van der Waals surface area contributed by atoms with Crippen LogP contribution in [0.2, 0.25) is 0 Å². The molecule has 146 valence electrons. The van der Waals surface area contributed by atoms with E-state index >= 15 is 0 Å². The van der Waals surface area contributed by atoms with Crippen LogP contribution in [-0.4, -0.2) is 49.0 Å². The molecule has 0 bridgehead atoms. The Bertz CT molecular complexity index is 738. The summed E-state index contributed by atoms with van der Waals surface area (Å²) >= 11 is 1.42. The van der Waals surface area contributed by atoms with Gasteiger partial charge in [0.05, 0.1) is 10.6 Å². The average Bonchev–Trinajstić information content (AvgIpc) is 3.36. The van der Waals surface area contributed by atoms with Crippen molar-refractivity contribution in [1.29, 1.82) is 5.41 Å². The van der Waals surface area contributed by atoms with Crippen molar-refractivity contribution in [3.8, 4) is 0 Å². The molecule has 3 rings (SSSR count). The van der Waals surface area contributed by atoms with Gasteiger partial charge in [-0.2, -0.15) is 0 Å². The molecule has 1 saturated carbocycles. The second-order valence-corrected chi connectivity index (χ2v) is 8.29. The summed E-state index contributed by atoms with van der Waals surface area (Å²) in [5.74, 6) is -1.16. The number of benzene rings is 1. The van der Waals surface area contributed by atoms with Crippen molar-refractivity contribution in [3.05, 3.63) is 40.4 Å². The molecule has 27 heavy (non-hydrogen) atoms. The number of rotatable bonds is 7. The molecule has 2 fully saturated rings. The van der Waals surface area contributed by atoms with E-state index in [-0.39, 0.29) is 11.1 Å². The summed E-state index contributed by atoms with van der Waals surface area (Å²) in [6, 6.07) is 2.93. The van der Waals surface area contributed by atoms with E-state index in [1.165, 1.54) is 18.0 Å². The van der Waals surface area contributed by atoms with E-state index in [1.807, 2.05) is 4.90 Å². The van der Waals surface area contributed by atoms with Crippen LogP contribution in [0.15, 0.2) is 28.8 Å². The van der Waals surface area contributed by atoms with Gasteiger partial charge in [0, 0.05) is 49.9 Å². The summed E-state index contributed by atoms with van der Waals surface area (Å²) in [6.45, 7) is 5.14. The van der Waals surface area contributed by atoms with Gasteiger partial charge in [0.2, 0.25) is 0 Å². The quantitative estimate of drug-likeness (QED) is 0.491. The van der Waals surface area contributed by atoms with E-state index in [1.54, 1.807) is 0 Å². The Balaban J connectivity index is 1.85. The number of amides is 1. The summed E-state index contributed by atoms with van der Waals surface area (Å²) in [5.41, 5.74) is 0.843. The highest BCUT2D eigenvalue weighted by Crippen LogP contribution is 2.48. The number of nitrogens with zero attached hydrogens (tertiary/aromatic N) is 1. The van der Waals surface area contributed by atoms with Crippen LogP contribution >= 0.6 is 11.8 Å². The maximum Gasteiger partial charge on any atom is 0.264 e. The van der Waals surface area contributed by atoms with Gasteiger partial charge in [0.1, 0.15) is 11.6 Å². The minimum Gasteiger partial charge on any atom is -0.367 e. The smallest absolute Gasteiger partial charge is 0.264 e. The van der Waals surface area contributed by atoms with Crippen LogP contribution in [0, 0.1) is 22.5 Å². The first-order valence-corrected chi connectivity index (χ1v) is 9.99. The molecule has 1 amide bonds. The number of carbonyl (C=O) groups is 1. The molecular weight excluding hydrogens is 370 g/mol. The van der Waals surface area contributed by atoms with Gasteiger partial charge in [-0.05, 0) is 30.4 Å². The third kappa shape index (κ3) is 5.29. The predicted molar refractivity (Wildman–Crippen MR) is 105 cm³/mol. The minimum absolute atomic E-state index is 0.0675. The van der Waals surface area contributed by atoms with Crippen molar-refractivity contribution >= 4 is 29.6 Å². The van der Waals surface area contributed by atoms with Crippen molar-refractivity contribution in [2.45, 2.75) is 19.8 Å². The molecule has 1 aliphatic heterocycles. The lowest BCUT2D eigenvalue weighted by Gasteiger charge is -2.31. The van der Waals surface area contributed by atoms with Crippen LogP contribution in [0.5, 0.6) is 0 Å². The van der Waals surface area contributed by atoms with Crippen LogP contribution in [0.3, 0.4) is 0 Å². The molecule has 0 atom stereocenters. The van der Waals surface area contributed by atoms with E-state index < -0.39 is 17.5 Å². The fourth-order valence-corrected chi connectivity index (χ4v) is 4.18. The second kappa shape index (κ2) is 8.39. The molecule has 5 nitrogen and oxygen atoms in total. The number of piperazine rings is 1. The van der Waals surface area contributed by atoms with E-state index in [4.69, 9.17) is 5.41 Å². The normalized spacial score (nSPS) is 19.3. The van der Waals surface area contributed by atoms with Crippen LogP contribution in [-0.2, 0) is 4.79 Å². The highest BCUT2D eigenvalue weighted by molar-refractivity contribution is 8.04. The standard InChI is InChI=1S/C19H24F2N4OS/c1-19(2-3-19)12-27-17(16(11-22)25-6-4-23-5-7-25)18(26)24-15-9-13(20)8-14(21)10-15/h8-11,22-23H,2-7,12H2,1H3,(H,24,26)/b17-16-,22-11?. The molecule has 0 spiro atoms. The Hall–Kier alpha value is -1.93. The maximum absolute atomic E-state index is 13.4. The fraction of sp³-hybridized carbons (Fsp3) is 0.474. The number of allylic oxidation sites excluding steroid dienone is 1. The van der Waals surface area contributed by atoms with E-state index in [0.717, 1.165) is 49.9 Å². The summed E-state index contributed by atoms with van der Waals surface area (Å²) < 4.78 is 26.9. The van der Waals surface area contributed by atoms with Gasteiger partial charge < -0.3 is 20.9 Å². The average molecular weight is 394 g/mol. The zero-order valence-corrected chi connectivity index (χ0v) is 16.1. The molecule has 2 aliphatic rings. The zero-order chi connectivity index (χ0) is 19.4. The van der Waals surface area contributed by atoms with Gasteiger partial charge in [-0.3, -0.25) is 4.79 Å². The van der Waals surface area contributed by atoms with Gasteiger partial charge >= 0.3 is 0 Å². The van der Waals surface area contributed by atoms with Gasteiger partial charge in [-0.25, -0.2) is 8.78 Å². The van der Waals surface area contributed by atoms with Crippen molar-refractivity contribution < 1.29 is 13.6 Å². The molecule has 1 saturated heterocycles. The first-order valence-electron chi connectivity index (χ1n) is 9.01. The summed E-state index contributed by atoms with van der Waals surface area (Å²) in [7, 11) is 0. The van der Waals surface area contributed by atoms with E-state index in [0.29, 0.717) is 23.7 Å². The Labute approximate surface area is 162 Å². The largest absolute Gasteiger partial charge is 0.367 e. The Morgan fingerprint density at radius 2 is 1.93 bits per heavy atom. The van der Waals surface area contributed by atoms with Crippen LogP contribution in [0.4, 0.5) is 14.5 Å². The molecule has 1 aromatic carbocycles. The number of halogens is 2. The van der Waals surface area contributed by atoms with Gasteiger partial charge in [0.15, 0.2) is 0 Å². The first kappa shape index (κ1) is 19.8. The van der Waals surface area contributed by atoms with E-state index in [2.05, 4.69) is 17.6 Å². The molecule has 1 heterocycles. The number of hydrogen-bond acceptors (Lipinski definition) is 5. The molecule has 1 aromatic rings. The van der Waals surface area contributed by atoms with Gasteiger partial charge in [0.25, 0.3) is 5.91 Å². The summed E-state index contributed by atoms with van der Waals surface area (Å²) in [6.07, 6.45) is 3.45. The Kier molecular flexibility index (Phi) is 6.16. The zero-order valence-electron chi connectivity index (χ0n) is 15.3. The Morgan fingerprint density at radius 3 is 2.48 bits per heavy atom. The van der Waals surface area contributed by atoms with Gasteiger partial charge in [-0.1, -0.05) is 6.92 Å². The highest BCUT2D eigenvalue weighted by atomic mass is 32.2. The highest BCUT2D eigenvalue weighted by Gasteiger charge is 2.38. The van der Waals surface area contributed by atoms with Crippen LogP contribution in [0.1, 0.15) is 19.8 Å². The number of nitrogens with one attached hydrogen (secondary N) is 3.